The highest BCUT2D eigenvalue weighted by Crippen LogP contribution is 2.44. The monoisotopic (exact) mass is 343 g/mol. The van der Waals surface area contributed by atoms with Crippen molar-refractivity contribution in [1.82, 2.24) is 5.32 Å². The number of benzene rings is 2. The second-order valence-corrected chi connectivity index (χ2v) is 6.45. The lowest BCUT2D eigenvalue weighted by molar-refractivity contribution is -0.130. The Morgan fingerprint density at radius 1 is 1.28 bits per heavy atom. The summed E-state index contributed by atoms with van der Waals surface area (Å²) in [5, 5.41) is 13.2. The van der Waals surface area contributed by atoms with Gasteiger partial charge in [0.15, 0.2) is 0 Å². The van der Waals surface area contributed by atoms with Crippen LogP contribution < -0.4 is 10.1 Å². The molecule has 1 unspecified atom stereocenters. The van der Waals surface area contributed by atoms with E-state index in [4.69, 9.17) is 4.74 Å². The van der Waals surface area contributed by atoms with Crippen molar-refractivity contribution in [3.05, 3.63) is 65.5 Å². The molecule has 0 aliphatic heterocycles. The van der Waals surface area contributed by atoms with Crippen molar-refractivity contribution >= 4 is 5.91 Å². The van der Waals surface area contributed by atoms with Gasteiger partial charge in [-0.05, 0) is 48.2 Å². The Morgan fingerprint density at radius 2 is 2.04 bits per heavy atom. The van der Waals surface area contributed by atoms with Crippen LogP contribution in [0, 0.1) is 5.82 Å². The average molecular weight is 343 g/mol. The maximum Gasteiger partial charge on any atom is 0.230 e. The van der Waals surface area contributed by atoms with Gasteiger partial charge in [-0.15, -0.1) is 0 Å². The molecule has 1 aliphatic carbocycles. The van der Waals surface area contributed by atoms with Gasteiger partial charge in [-0.2, -0.15) is 0 Å². The maximum atomic E-state index is 13.5. The number of hydrogen-bond donors (Lipinski definition) is 2. The zero-order chi connectivity index (χ0) is 17.9. The van der Waals surface area contributed by atoms with Crippen LogP contribution in [0.2, 0.25) is 0 Å². The Labute approximate surface area is 146 Å². The summed E-state index contributed by atoms with van der Waals surface area (Å²) in [7, 11) is 1.56. The molecule has 4 nitrogen and oxygen atoms in total. The molecule has 1 amide bonds. The predicted molar refractivity (Wildman–Crippen MR) is 92.9 cm³/mol. The highest BCUT2D eigenvalue weighted by atomic mass is 19.1. The van der Waals surface area contributed by atoms with Crippen LogP contribution in [0.1, 0.15) is 36.5 Å². The summed E-state index contributed by atoms with van der Waals surface area (Å²) < 4.78 is 18.7. The van der Waals surface area contributed by atoms with E-state index in [1.807, 2.05) is 0 Å². The third-order valence-electron chi connectivity index (χ3n) is 4.95. The summed E-state index contributed by atoms with van der Waals surface area (Å²) >= 11 is 0. The smallest absolute Gasteiger partial charge is 0.230 e. The first-order chi connectivity index (χ1) is 12.0. The van der Waals surface area contributed by atoms with Gasteiger partial charge in [0, 0.05) is 6.54 Å². The van der Waals surface area contributed by atoms with Crippen LogP contribution in [-0.2, 0) is 10.2 Å². The Hall–Kier alpha value is -2.40. The molecular formula is C20H22FNO3. The van der Waals surface area contributed by atoms with Crippen LogP contribution >= 0.6 is 0 Å². The topological polar surface area (TPSA) is 58.6 Å². The van der Waals surface area contributed by atoms with Gasteiger partial charge in [0.2, 0.25) is 5.91 Å². The number of carbonyl (C=O) groups is 1. The van der Waals surface area contributed by atoms with E-state index in [-0.39, 0.29) is 18.3 Å². The molecule has 25 heavy (non-hydrogen) atoms. The number of carbonyl (C=O) groups excluding carboxylic acids is 1. The van der Waals surface area contributed by atoms with Gasteiger partial charge in [-0.25, -0.2) is 4.39 Å². The largest absolute Gasteiger partial charge is 0.497 e. The third kappa shape index (κ3) is 3.51. The molecule has 2 aromatic rings. The molecule has 132 valence electrons. The minimum Gasteiger partial charge on any atom is -0.497 e. The molecule has 0 aromatic heterocycles. The average Bonchev–Trinajstić information content (AvgIpc) is 2.59. The fourth-order valence-corrected chi connectivity index (χ4v) is 3.29. The van der Waals surface area contributed by atoms with Crippen molar-refractivity contribution < 1.29 is 19.0 Å². The molecular weight excluding hydrogens is 321 g/mol. The number of aliphatic hydroxyl groups excluding tert-OH is 1. The second kappa shape index (κ2) is 7.23. The van der Waals surface area contributed by atoms with Crippen molar-refractivity contribution in [2.75, 3.05) is 13.7 Å². The van der Waals surface area contributed by atoms with Crippen molar-refractivity contribution in [3.8, 4) is 5.75 Å². The van der Waals surface area contributed by atoms with E-state index in [1.54, 1.807) is 43.5 Å². The number of methoxy groups -OCH3 is 1. The van der Waals surface area contributed by atoms with Gasteiger partial charge < -0.3 is 15.2 Å². The van der Waals surface area contributed by atoms with E-state index in [9.17, 15) is 14.3 Å². The summed E-state index contributed by atoms with van der Waals surface area (Å²) in [6, 6.07) is 13.3. The van der Waals surface area contributed by atoms with Gasteiger partial charge in [-0.3, -0.25) is 4.79 Å². The molecule has 0 heterocycles. The van der Waals surface area contributed by atoms with E-state index in [0.29, 0.717) is 29.7 Å². The summed E-state index contributed by atoms with van der Waals surface area (Å²) in [5.41, 5.74) is 0.691. The van der Waals surface area contributed by atoms with Gasteiger partial charge in [0.05, 0.1) is 18.6 Å². The highest BCUT2D eigenvalue weighted by Gasteiger charge is 2.45. The van der Waals surface area contributed by atoms with Gasteiger partial charge in [0.1, 0.15) is 11.6 Å². The number of rotatable bonds is 6. The quantitative estimate of drug-likeness (QED) is 0.847. The molecule has 5 heteroatoms. The highest BCUT2D eigenvalue weighted by molar-refractivity contribution is 5.89. The molecule has 1 fully saturated rings. The molecule has 1 atom stereocenters. The second-order valence-electron chi connectivity index (χ2n) is 6.45. The van der Waals surface area contributed by atoms with Crippen molar-refractivity contribution in [2.45, 2.75) is 30.8 Å². The van der Waals surface area contributed by atoms with E-state index in [2.05, 4.69) is 5.32 Å². The minimum absolute atomic E-state index is 0.100. The lowest BCUT2D eigenvalue weighted by Crippen LogP contribution is -2.50. The summed E-state index contributed by atoms with van der Waals surface area (Å²) in [4.78, 5) is 12.7. The molecule has 0 saturated heterocycles. The third-order valence-corrected chi connectivity index (χ3v) is 4.95. The van der Waals surface area contributed by atoms with Crippen LogP contribution in [0.5, 0.6) is 5.75 Å². The maximum absolute atomic E-state index is 13.5. The van der Waals surface area contributed by atoms with Gasteiger partial charge in [-0.1, -0.05) is 30.7 Å². The first-order valence-corrected chi connectivity index (χ1v) is 8.41. The van der Waals surface area contributed by atoms with Gasteiger partial charge >= 0.3 is 0 Å². The molecule has 1 saturated carbocycles. The Morgan fingerprint density at radius 3 is 2.68 bits per heavy atom. The standard InChI is InChI=1S/C20H22FNO3/c1-25-17-8-2-5-14(11-17)18(23)13-22-19(24)20(9-4-10-20)15-6-3-7-16(21)12-15/h2-3,5-8,11-12,18,23H,4,9-10,13H2,1H3,(H,22,24). The molecule has 2 aromatic carbocycles. The zero-order valence-corrected chi connectivity index (χ0v) is 14.2. The number of halogens is 1. The first-order valence-electron chi connectivity index (χ1n) is 8.41. The van der Waals surface area contributed by atoms with Gasteiger partial charge in [0.25, 0.3) is 0 Å². The number of aliphatic hydroxyl groups is 1. The number of ether oxygens (including phenoxy) is 1. The van der Waals surface area contributed by atoms with Crippen molar-refractivity contribution in [2.24, 2.45) is 0 Å². The number of amides is 1. The lowest BCUT2D eigenvalue weighted by Gasteiger charge is -2.41. The van der Waals surface area contributed by atoms with Crippen LogP contribution in [-0.4, -0.2) is 24.7 Å². The number of nitrogens with one attached hydrogen (secondary N) is 1. The van der Waals surface area contributed by atoms with Crippen molar-refractivity contribution in [1.29, 1.82) is 0 Å². The van der Waals surface area contributed by atoms with Crippen LogP contribution in [0.25, 0.3) is 0 Å². The fraction of sp³-hybridized carbons (Fsp3) is 0.350. The molecule has 1 aliphatic rings. The zero-order valence-electron chi connectivity index (χ0n) is 14.2. The Balaban J connectivity index is 1.68. The number of hydrogen-bond acceptors (Lipinski definition) is 3. The summed E-state index contributed by atoms with van der Waals surface area (Å²) in [5.74, 6) is 0.150. The summed E-state index contributed by atoms with van der Waals surface area (Å²) in [6.45, 7) is 0.100. The molecule has 2 N–H and O–H groups in total. The molecule has 3 rings (SSSR count). The van der Waals surface area contributed by atoms with Crippen LogP contribution in [0.4, 0.5) is 4.39 Å². The van der Waals surface area contributed by atoms with E-state index in [1.165, 1.54) is 12.1 Å². The van der Waals surface area contributed by atoms with E-state index >= 15 is 0 Å². The van der Waals surface area contributed by atoms with Crippen LogP contribution in [0.15, 0.2) is 48.5 Å². The van der Waals surface area contributed by atoms with Crippen LogP contribution in [0.3, 0.4) is 0 Å². The van der Waals surface area contributed by atoms with E-state index < -0.39 is 11.5 Å². The normalized spacial score (nSPS) is 16.6. The molecule has 0 bridgehead atoms. The molecule has 0 spiro atoms. The summed E-state index contributed by atoms with van der Waals surface area (Å²) in [6.07, 6.45) is 1.49. The fourth-order valence-electron chi connectivity index (χ4n) is 3.29. The van der Waals surface area contributed by atoms with Crippen molar-refractivity contribution in [3.63, 3.8) is 0 Å². The lowest BCUT2D eigenvalue weighted by atomic mass is 9.63. The first kappa shape index (κ1) is 17.4. The predicted octanol–water partition coefficient (Wildman–Crippen LogP) is 3.11. The van der Waals surface area contributed by atoms with E-state index in [0.717, 1.165) is 6.42 Å². The molecule has 0 radical (unpaired) electrons. The Bertz CT molecular complexity index is 758. The minimum atomic E-state index is -0.830. The Kier molecular flexibility index (Phi) is 5.04. The SMILES string of the molecule is COc1cccc(C(O)CNC(=O)C2(c3cccc(F)c3)CCC2)c1.